The number of rotatable bonds is 6. The maximum absolute atomic E-state index is 12.4. The molecule has 3 nitrogen and oxygen atoms in total. The Kier molecular flexibility index (Phi) is 6.77. The Labute approximate surface area is 132 Å². The summed E-state index contributed by atoms with van der Waals surface area (Å²) in [4.78, 5) is 14.3. The first-order valence-electron chi connectivity index (χ1n) is 7.26. The summed E-state index contributed by atoms with van der Waals surface area (Å²) in [5.41, 5.74) is 1.71. The number of hydrogen-bond donors (Lipinski definition) is 0. The van der Waals surface area contributed by atoms with E-state index in [2.05, 4.69) is 33.8 Å². The van der Waals surface area contributed by atoms with E-state index in [4.69, 9.17) is 5.26 Å². The lowest BCUT2D eigenvalue weighted by Gasteiger charge is -2.24. The molecule has 1 aromatic rings. The summed E-state index contributed by atoms with van der Waals surface area (Å²) in [7, 11) is 0. The average Bonchev–Trinajstić information content (AvgIpc) is 2.44. The molecule has 0 saturated heterocycles. The molecule has 1 aromatic carbocycles. The van der Waals surface area contributed by atoms with E-state index in [-0.39, 0.29) is 10.7 Å². The number of nitrogens with zero attached hydrogens (tertiary/aromatic N) is 2. The van der Waals surface area contributed by atoms with Crippen LogP contribution in [0.15, 0.2) is 24.3 Å². The van der Waals surface area contributed by atoms with Crippen molar-refractivity contribution >= 4 is 17.7 Å². The quantitative estimate of drug-likeness (QED) is 0.802. The first kappa shape index (κ1) is 17.6. The Morgan fingerprint density at radius 1 is 1.29 bits per heavy atom. The Balaban J connectivity index is 2.67. The van der Waals surface area contributed by atoms with Crippen LogP contribution in [0.3, 0.4) is 0 Å². The standard InChI is InChI=1S/C17H24N2OS/c1-5-10-19(16(20)13-21-17(2,3)4)12-15-8-6-14(11-18)7-9-15/h6-9H,5,10,12-13H2,1-4H3. The van der Waals surface area contributed by atoms with E-state index in [9.17, 15) is 4.79 Å². The van der Waals surface area contributed by atoms with Crippen LogP contribution >= 0.6 is 11.8 Å². The summed E-state index contributed by atoms with van der Waals surface area (Å²) in [5.74, 6) is 0.695. The molecule has 1 rings (SSSR count). The van der Waals surface area contributed by atoms with Crippen molar-refractivity contribution in [3.63, 3.8) is 0 Å². The fourth-order valence-electron chi connectivity index (χ4n) is 1.84. The smallest absolute Gasteiger partial charge is 0.232 e. The van der Waals surface area contributed by atoms with Crippen LogP contribution in [-0.4, -0.2) is 27.9 Å². The zero-order valence-corrected chi connectivity index (χ0v) is 14.2. The van der Waals surface area contributed by atoms with Gasteiger partial charge in [0.1, 0.15) is 0 Å². The molecular formula is C17H24N2OS. The van der Waals surface area contributed by atoms with Crippen LogP contribution in [0.5, 0.6) is 0 Å². The summed E-state index contributed by atoms with van der Waals surface area (Å²) < 4.78 is 0.0992. The Morgan fingerprint density at radius 3 is 2.38 bits per heavy atom. The van der Waals surface area contributed by atoms with Crippen LogP contribution in [0, 0.1) is 11.3 Å². The van der Waals surface area contributed by atoms with E-state index in [1.54, 1.807) is 23.9 Å². The van der Waals surface area contributed by atoms with Gasteiger partial charge in [-0.1, -0.05) is 39.8 Å². The minimum absolute atomic E-state index is 0.0992. The molecule has 0 saturated carbocycles. The van der Waals surface area contributed by atoms with Gasteiger partial charge in [0.2, 0.25) is 5.91 Å². The van der Waals surface area contributed by atoms with E-state index < -0.39 is 0 Å². The summed E-state index contributed by atoms with van der Waals surface area (Å²) in [6.07, 6.45) is 0.947. The topological polar surface area (TPSA) is 44.1 Å². The van der Waals surface area contributed by atoms with E-state index in [1.807, 2.05) is 17.0 Å². The third-order valence-electron chi connectivity index (χ3n) is 2.93. The van der Waals surface area contributed by atoms with Crippen molar-refractivity contribution in [2.24, 2.45) is 0 Å². The highest BCUT2D eigenvalue weighted by atomic mass is 32.2. The van der Waals surface area contributed by atoms with Gasteiger partial charge in [0.25, 0.3) is 0 Å². The Morgan fingerprint density at radius 2 is 1.90 bits per heavy atom. The number of hydrogen-bond acceptors (Lipinski definition) is 3. The molecule has 0 radical (unpaired) electrons. The SMILES string of the molecule is CCCN(Cc1ccc(C#N)cc1)C(=O)CSC(C)(C)C. The number of amides is 1. The number of nitriles is 1. The van der Waals surface area contributed by atoms with Gasteiger partial charge < -0.3 is 4.90 Å². The fraction of sp³-hybridized carbons (Fsp3) is 0.529. The van der Waals surface area contributed by atoms with Gasteiger partial charge in [-0.2, -0.15) is 5.26 Å². The molecule has 0 heterocycles. The Bertz CT molecular complexity index is 497. The zero-order valence-electron chi connectivity index (χ0n) is 13.3. The molecule has 1 amide bonds. The second-order valence-corrected chi connectivity index (χ2v) is 7.83. The molecule has 114 valence electrons. The second kappa shape index (κ2) is 8.09. The average molecular weight is 304 g/mol. The highest BCUT2D eigenvalue weighted by Gasteiger charge is 2.18. The summed E-state index contributed by atoms with van der Waals surface area (Å²) in [6, 6.07) is 9.55. The van der Waals surface area contributed by atoms with E-state index in [1.165, 1.54) is 0 Å². The van der Waals surface area contributed by atoms with Crippen molar-refractivity contribution in [2.75, 3.05) is 12.3 Å². The van der Waals surface area contributed by atoms with Crippen LogP contribution in [0.2, 0.25) is 0 Å². The maximum atomic E-state index is 12.4. The lowest BCUT2D eigenvalue weighted by Crippen LogP contribution is -2.33. The van der Waals surface area contributed by atoms with Crippen molar-refractivity contribution in [2.45, 2.75) is 45.4 Å². The van der Waals surface area contributed by atoms with Crippen molar-refractivity contribution in [1.82, 2.24) is 4.90 Å². The Hall–Kier alpha value is -1.47. The van der Waals surface area contributed by atoms with Crippen LogP contribution < -0.4 is 0 Å². The van der Waals surface area contributed by atoms with Gasteiger partial charge in [0, 0.05) is 17.8 Å². The molecule has 0 atom stereocenters. The fourth-order valence-corrected chi connectivity index (χ4v) is 2.58. The van der Waals surface area contributed by atoms with Gasteiger partial charge in [-0.15, -0.1) is 11.8 Å². The zero-order chi connectivity index (χ0) is 15.9. The van der Waals surface area contributed by atoms with Crippen LogP contribution in [0.25, 0.3) is 0 Å². The van der Waals surface area contributed by atoms with Crippen LogP contribution in [0.1, 0.15) is 45.2 Å². The third-order valence-corrected chi connectivity index (χ3v) is 4.19. The highest BCUT2D eigenvalue weighted by Crippen LogP contribution is 2.23. The monoisotopic (exact) mass is 304 g/mol. The van der Waals surface area contributed by atoms with Crippen LogP contribution in [-0.2, 0) is 11.3 Å². The molecule has 21 heavy (non-hydrogen) atoms. The molecule has 0 aromatic heterocycles. The second-order valence-electron chi connectivity index (χ2n) is 6.03. The predicted octanol–water partition coefficient (Wildman–Crippen LogP) is 3.83. The van der Waals surface area contributed by atoms with Crippen molar-refractivity contribution in [3.05, 3.63) is 35.4 Å². The van der Waals surface area contributed by atoms with E-state index in [0.29, 0.717) is 17.9 Å². The van der Waals surface area contributed by atoms with Crippen molar-refractivity contribution in [3.8, 4) is 6.07 Å². The molecule has 0 aliphatic carbocycles. The summed E-state index contributed by atoms with van der Waals surface area (Å²) >= 11 is 1.68. The molecule has 0 unspecified atom stereocenters. The number of thioether (sulfide) groups is 1. The van der Waals surface area contributed by atoms with Crippen molar-refractivity contribution < 1.29 is 4.79 Å². The molecule has 4 heteroatoms. The lowest BCUT2D eigenvalue weighted by molar-refractivity contribution is -0.129. The number of carbonyl (C=O) groups excluding carboxylic acids is 1. The molecule has 0 aliphatic rings. The number of carbonyl (C=O) groups is 1. The number of benzene rings is 1. The largest absolute Gasteiger partial charge is 0.338 e. The third kappa shape index (κ3) is 6.68. The van der Waals surface area contributed by atoms with Gasteiger partial charge in [-0.25, -0.2) is 0 Å². The minimum Gasteiger partial charge on any atom is -0.338 e. The predicted molar refractivity (Wildman–Crippen MR) is 89.1 cm³/mol. The van der Waals surface area contributed by atoms with Gasteiger partial charge in [0.15, 0.2) is 0 Å². The molecule has 0 N–H and O–H groups in total. The van der Waals surface area contributed by atoms with Gasteiger partial charge in [-0.05, 0) is 24.1 Å². The van der Waals surface area contributed by atoms with E-state index >= 15 is 0 Å². The molecule has 0 spiro atoms. The van der Waals surface area contributed by atoms with E-state index in [0.717, 1.165) is 18.5 Å². The molecule has 0 bridgehead atoms. The highest BCUT2D eigenvalue weighted by molar-refractivity contribution is 8.01. The normalized spacial score (nSPS) is 11.0. The van der Waals surface area contributed by atoms with Gasteiger partial charge >= 0.3 is 0 Å². The maximum Gasteiger partial charge on any atom is 0.232 e. The van der Waals surface area contributed by atoms with Crippen LogP contribution in [0.4, 0.5) is 0 Å². The summed E-state index contributed by atoms with van der Waals surface area (Å²) in [5, 5.41) is 8.81. The first-order chi connectivity index (χ1) is 9.85. The first-order valence-corrected chi connectivity index (χ1v) is 8.25. The van der Waals surface area contributed by atoms with Crippen molar-refractivity contribution in [1.29, 1.82) is 5.26 Å². The lowest BCUT2D eigenvalue weighted by atomic mass is 10.1. The molecule has 0 fully saturated rings. The minimum atomic E-state index is 0.0992. The molecular weight excluding hydrogens is 280 g/mol. The van der Waals surface area contributed by atoms with Gasteiger partial charge in [-0.3, -0.25) is 4.79 Å². The van der Waals surface area contributed by atoms with Gasteiger partial charge in [0.05, 0.1) is 17.4 Å². The summed E-state index contributed by atoms with van der Waals surface area (Å²) in [6.45, 7) is 9.82. The molecule has 0 aliphatic heterocycles.